The molecule has 1 aromatic rings. The second-order valence-electron chi connectivity index (χ2n) is 7.75. The van der Waals surface area contributed by atoms with Crippen LogP contribution in [0.4, 0.5) is 0 Å². The molecule has 24 heavy (non-hydrogen) atoms. The summed E-state index contributed by atoms with van der Waals surface area (Å²) < 4.78 is 0. The van der Waals surface area contributed by atoms with Crippen molar-refractivity contribution in [1.82, 2.24) is 5.32 Å². The van der Waals surface area contributed by atoms with Crippen molar-refractivity contribution in [3.05, 3.63) is 34.9 Å². The molecule has 1 aliphatic heterocycles. The summed E-state index contributed by atoms with van der Waals surface area (Å²) in [5.74, 6) is 0.217. The predicted molar refractivity (Wildman–Crippen MR) is 89.6 cm³/mol. The van der Waals surface area contributed by atoms with E-state index in [0.29, 0.717) is 25.2 Å². The molecule has 4 rings (SSSR count). The third kappa shape index (κ3) is 2.48. The molecule has 1 saturated heterocycles. The minimum absolute atomic E-state index is 0.0764. The Bertz CT molecular complexity index is 732. The van der Waals surface area contributed by atoms with E-state index in [4.69, 9.17) is 0 Å². The second-order valence-corrected chi connectivity index (χ2v) is 7.75. The Morgan fingerprint density at radius 2 is 1.96 bits per heavy atom. The number of hydrogen-bond acceptors (Lipinski definition) is 3. The molecule has 1 N–H and O–H groups in total. The van der Waals surface area contributed by atoms with E-state index in [1.807, 2.05) is 12.1 Å². The van der Waals surface area contributed by atoms with Crippen molar-refractivity contribution in [1.29, 1.82) is 0 Å². The zero-order chi connectivity index (χ0) is 16.9. The first-order chi connectivity index (χ1) is 11.5. The standard InChI is InChI=1S/C20H23NO3/c1-12-2-6-15-16(10-12)20(8-9-20)14(11-17(15)22)5-3-13-4-7-18(23)21-19(13)24/h2,6,10,13-14H,3-5,7-9,11H2,1H3,(H,21,23,24). The average Bonchev–Trinajstić information content (AvgIpc) is 3.33. The molecular weight excluding hydrogens is 302 g/mol. The summed E-state index contributed by atoms with van der Waals surface area (Å²) in [7, 11) is 0. The number of nitrogens with one attached hydrogen (secondary N) is 1. The molecule has 3 aliphatic rings. The van der Waals surface area contributed by atoms with Crippen LogP contribution >= 0.6 is 0 Å². The first kappa shape index (κ1) is 15.6. The summed E-state index contributed by atoms with van der Waals surface area (Å²) in [5.41, 5.74) is 3.52. The molecule has 4 nitrogen and oxygen atoms in total. The molecule has 126 valence electrons. The van der Waals surface area contributed by atoms with Gasteiger partial charge < -0.3 is 0 Å². The minimum Gasteiger partial charge on any atom is -0.296 e. The van der Waals surface area contributed by atoms with Crippen LogP contribution in [0, 0.1) is 18.8 Å². The summed E-state index contributed by atoms with van der Waals surface area (Å²) in [5, 5.41) is 2.44. The summed E-state index contributed by atoms with van der Waals surface area (Å²) in [6.45, 7) is 2.08. The molecule has 0 bridgehead atoms. The monoisotopic (exact) mass is 325 g/mol. The summed E-state index contributed by atoms with van der Waals surface area (Å²) >= 11 is 0. The highest BCUT2D eigenvalue weighted by Crippen LogP contribution is 2.60. The van der Waals surface area contributed by atoms with Crippen molar-refractivity contribution in [3.63, 3.8) is 0 Å². The van der Waals surface area contributed by atoms with Gasteiger partial charge in [-0.15, -0.1) is 0 Å². The van der Waals surface area contributed by atoms with Crippen LogP contribution in [-0.4, -0.2) is 17.6 Å². The number of benzene rings is 1. The second kappa shape index (κ2) is 5.54. The van der Waals surface area contributed by atoms with Crippen molar-refractivity contribution >= 4 is 17.6 Å². The van der Waals surface area contributed by atoms with Crippen LogP contribution in [-0.2, 0) is 15.0 Å². The fourth-order valence-corrected chi connectivity index (χ4v) is 4.67. The topological polar surface area (TPSA) is 63.2 Å². The number of ketones is 1. The molecule has 2 unspecified atom stereocenters. The Morgan fingerprint density at radius 1 is 1.17 bits per heavy atom. The zero-order valence-electron chi connectivity index (χ0n) is 14.1. The van der Waals surface area contributed by atoms with Crippen LogP contribution in [0.3, 0.4) is 0 Å². The molecule has 2 atom stereocenters. The number of hydrogen-bond donors (Lipinski definition) is 1. The molecule has 0 radical (unpaired) electrons. The van der Waals surface area contributed by atoms with Crippen molar-refractivity contribution < 1.29 is 14.4 Å². The highest BCUT2D eigenvalue weighted by molar-refractivity contribution is 6.00. The van der Waals surface area contributed by atoms with Crippen LogP contribution in [0.1, 0.15) is 66.4 Å². The lowest BCUT2D eigenvalue weighted by atomic mass is 9.69. The van der Waals surface area contributed by atoms with Gasteiger partial charge in [0.2, 0.25) is 11.8 Å². The van der Waals surface area contributed by atoms with E-state index >= 15 is 0 Å². The summed E-state index contributed by atoms with van der Waals surface area (Å²) in [4.78, 5) is 35.8. The Labute approximate surface area is 142 Å². The van der Waals surface area contributed by atoms with E-state index < -0.39 is 0 Å². The molecule has 2 fully saturated rings. The number of piperidine rings is 1. The fourth-order valence-electron chi connectivity index (χ4n) is 4.67. The van der Waals surface area contributed by atoms with Gasteiger partial charge in [0.05, 0.1) is 0 Å². The Kier molecular flexibility index (Phi) is 3.59. The van der Waals surface area contributed by atoms with Gasteiger partial charge in [0.1, 0.15) is 0 Å². The fraction of sp³-hybridized carbons (Fsp3) is 0.550. The number of Topliss-reactive ketones (excluding diaryl/α,β-unsaturated/α-hetero) is 1. The molecular formula is C20H23NO3. The maximum absolute atomic E-state index is 12.6. The van der Waals surface area contributed by atoms with E-state index in [-0.39, 0.29) is 28.9 Å². The number of carbonyl (C=O) groups is 3. The van der Waals surface area contributed by atoms with Gasteiger partial charge in [0.15, 0.2) is 5.78 Å². The van der Waals surface area contributed by atoms with Crippen LogP contribution < -0.4 is 5.32 Å². The smallest absolute Gasteiger partial charge is 0.229 e. The third-order valence-corrected chi connectivity index (χ3v) is 6.23. The number of rotatable bonds is 3. The predicted octanol–water partition coefficient (Wildman–Crippen LogP) is 3.06. The van der Waals surface area contributed by atoms with Crippen molar-refractivity contribution in [2.75, 3.05) is 0 Å². The molecule has 0 aromatic heterocycles. The average molecular weight is 325 g/mol. The highest BCUT2D eigenvalue weighted by atomic mass is 16.2. The maximum Gasteiger partial charge on any atom is 0.229 e. The molecule has 1 heterocycles. The first-order valence-electron chi connectivity index (χ1n) is 8.97. The molecule has 2 aliphatic carbocycles. The first-order valence-corrected chi connectivity index (χ1v) is 8.97. The van der Waals surface area contributed by atoms with Crippen molar-refractivity contribution in [3.8, 4) is 0 Å². The summed E-state index contributed by atoms with van der Waals surface area (Å²) in [6, 6.07) is 6.21. The SMILES string of the molecule is Cc1ccc2c(c1)C1(CC1)C(CCC1CCC(=O)NC1=O)CC2=O. The van der Waals surface area contributed by atoms with Crippen LogP contribution in [0.25, 0.3) is 0 Å². The van der Waals surface area contributed by atoms with Crippen molar-refractivity contribution in [2.24, 2.45) is 11.8 Å². The third-order valence-electron chi connectivity index (χ3n) is 6.23. The molecule has 2 amide bonds. The van der Waals surface area contributed by atoms with E-state index in [9.17, 15) is 14.4 Å². The lowest BCUT2D eigenvalue weighted by molar-refractivity contribution is -0.136. The van der Waals surface area contributed by atoms with Gasteiger partial charge >= 0.3 is 0 Å². The maximum atomic E-state index is 12.6. The van der Waals surface area contributed by atoms with Gasteiger partial charge in [0.25, 0.3) is 0 Å². The lowest BCUT2D eigenvalue weighted by Gasteiger charge is -2.34. The molecule has 1 aromatic carbocycles. The summed E-state index contributed by atoms with van der Waals surface area (Å²) in [6.07, 6.45) is 5.66. The van der Waals surface area contributed by atoms with E-state index in [1.165, 1.54) is 11.1 Å². The normalized spacial score (nSPS) is 27.8. The molecule has 1 spiro atoms. The van der Waals surface area contributed by atoms with E-state index in [0.717, 1.165) is 31.2 Å². The van der Waals surface area contributed by atoms with Gasteiger partial charge in [-0.2, -0.15) is 0 Å². The van der Waals surface area contributed by atoms with Gasteiger partial charge in [-0.05, 0) is 55.9 Å². The number of imide groups is 1. The zero-order valence-corrected chi connectivity index (χ0v) is 14.1. The van der Waals surface area contributed by atoms with Gasteiger partial charge in [-0.25, -0.2) is 0 Å². The van der Waals surface area contributed by atoms with E-state index in [1.54, 1.807) is 0 Å². The van der Waals surface area contributed by atoms with Crippen LogP contribution in [0.15, 0.2) is 18.2 Å². The number of carbonyl (C=O) groups excluding carboxylic acids is 3. The molecule has 1 saturated carbocycles. The Morgan fingerprint density at radius 3 is 2.67 bits per heavy atom. The quantitative estimate of drug-likeness (QED) is 0.869. The van der Waals surface area contributed by atoms with Crippen molar-refractivity contribution in [2.45, 2.75) is 57.3 Å². The van der Waals surface area contributed by atoms with Crippen LogP contribution in [0.2, 0.25) is 0 Å². The van der Waals surface area contributed by atoms with Crippen LogP contribution in [0.5, 0.6) is 0 Å². The van der Waals surface area contributed by atoms with Gasteiger partial charge in [0, 0.05) is 24.3 Å². The van der Waals surface area contributed by atoms with E-state index in [2.05, 4.69) is 18.3 Å². The largest absolute Gasteiger partial charge is 0.296 e. The number of aryl methyl sites for hydroxylation is 1. The molecule has 4 heteroatoms. The highest BCUT2D eigenvalue weighted by Gasteiger charge is 2.54. The minimum atomic E-state index is -0.160. The Balaban J connectivity index is 1.52. The Hall–Kier alpha value is -1.97. The number of amides is 2. The van der Waals surface area contributed by atoms with Gasteiger partial charge in [-0.1, -0.05) is 23.8 Å². The van der Waals surface area contributed by atoms with Gasteiger partial charge in [-0.3, -0.25) is 19.7 Å². The lowest BCUT2D eigenvalue weighted by Crippen LogP contribution is -2.41. The number of fused-ring (bicyclic) bond motifs is 2.